The Morgan fingerprint density at radius 1 is 1.12 bits per heavy atom. The molecule has 4 fully saturated rings. The molecule has 0 N–H and O–H groups in total. The second-order valence-electron chi connectivity index (χ2n) is 8.15. The Hall–Kier alpha value is -0.980. The number of benzene rings is 1. The predicted molar refractivity (Wildman–Crippen MR) is 89.8 cm³/mol. The molecular formula is C20H26O5. The molecule has 1 spiro atoms. The summed E-state index contributed by atoms with van der Waals surface area (Å²) in [6.07, 6.45) is 1.65. The van der Waals surface area contributed by atoms with Crippen LogP contribution in [0.25, 0.3) is 0 Å². The van der Waals surface area contributed by atoms with Crippen LogP contribution in [0, 0.1) is 17.3 Å². The highest BCUT2D eigenvalue weighted by atomic mass is 16.7. The van der Waals surface area contributed by atoms with Crippen LogP contribution in [0.4, 0.5) is 0 Å². The molecule has 5 heteroatoms. The van der Waals surface area contributed by atoms with Crippen LogP contribution in [0.5, 0.6) is 0 Å². The third kappa shape index (κ3) is 2.20. The first kappa shape index (κ1) is 16.2. The van der Waals surface area contributed by atoms with Crippen LogP contribution in [0.15, 0.2) is 30.3 Å². The second-order valence-corrected chi connectivity index (χ2v) is 8.15. The second kappa shape index (κ2) is 5.76. The number of hydrogen-bond acceptors (Lipinski definition) is 5. The van der Waals surface area contributed by atoms with Gasteiger partial charge < -0.3 is 23.7 Å². The lowest BCUT2D eigenvalue weighted by molar-refractivity contribution is -0.365. The smallest absolute Gasteiger partial charge is 0.187 e. The summed E-state index contributed by atoms with van der Waals surface area (Å²) in [6, 6.07) is 10.1. The van der Waals surface area contributed by atoms with Crippen LogP contribution in [0.3, 0.4) is 0 Å². The van der Waals surface area contributed by atoms with Crippen molar-refractivity contribution in [1.29, 1.82) is 0 Å². The maximum atomic E-state index is 6.48. The molecule has 0 aromatic heterocycles. The van der Waals surface area contributed by atoms with Crippen molar-refractivity contribution in [3.63, 3.8) is 0 Å². The fraction of sp³-hybridized carbons (Fsp3) is 0.700. The average Bonchev–Trinajstić information content (AvgIpc) is 2.84. The zero-order valence-corrected chi connectivity index (χ0v) is 14.9. The number of rotatable bonds is 2. The highest BCUT2D eigenvalue weighted by Crippen LogP contribution is 2.63. The van der Waals surface area contributed by atoms with Gasteiger partial charge in [-0.2, -0.15) is 0 Å². The molecule has 0 amide bonds. The lowest BCUT2D eigenvalue weighted by Crippen LogP contribution is -2.68. The van der Waals surface area contributed by atoms with Gasteiger partial charge in [-0.25, -0.2) is 0 Å². The Bertz CT molecular complexity index is 636. The SMILES string of the molecule is COC1OCC2OC(c3ccccc3)OCC2C12OC[C@@]1(C)CC[C@@H]21. The topological polar surface area (TPSA) is 46.2 Å². The number of hydrogen-bond donors (Lipinski definition) is 0. The van der Waals surface area contributed by atoms with Crippen LogP contribution in [-0.4, -0.2) is 44.9 Å². The van der Waals surface area contributed by atoms with E-state index in [4.69, 9.17) is 23.7 Å². The van der Waals surface area contributed by atoms with Crippen molar-refractivity contribution in [3.05, 3.63) is 35.9 Å². The summed E-state index contributed by atoms with van der Waals surface area (Å²) in [7, 11) is 1.71. The maximum absolute atomic E-state index is 6.48. The van der Waals surface area contributed by atoms with Crippen molar-refractivity contribution in [1.82, 2.24) is 0 Å². The minimum atomic E-state index is -0.452. The summed E-state index contributed by atoms with van der Waals surface area (Å²) in [5.74, 6) is 0.580. The van der Waals surface area contributed by atoms with Crippen LogP contribution in [-0.2, 0) is 23.7 Å². The van der Waals surface area contributed by atoms with Crippen molar-refractivity contribution in [2.45, 2.75) is 44.1 Å². The molecule has 5 nitrogen and oxygen atoms in total. The lowest BCUT2D eigenvalue weighted by atomic mass is 9.54. The zero-order chi connectivity index (χ0) is 17.1. The van der Waals surface area contributed by atoms with Crippen LogP contribution in [0.2, 0.25) is 0 Å². The Morgan fingerprint density at radius 2 is 1.96 bits per heavy atom. The van der Waals surface area contributed by atoms with Crippen molar-refractivity contribution in [3.8, 4) is 0 Å². The van der Waals surface area contributed by atoms with E-state index in [1.807, 2.05) is 30.3 Å². The molecule has 1 aromatic rings. The number of methoxy groups -OCH3 is 1. The predicted octanol–water partition coefficient (Wildman–Crippen LogP) is 2.90. The van der Waals surface area contributed by atoms with Gasteiger partial charge in [0.2, 0.25) is 0 Å². The standard InChI is InChI=1S/C20H26O5/c1-19-9-8-16(19)20(24-12-19)14-10-22-17(13-6-4-3-5-7-13)25-15(14)11-23-18(20)21-2/h3-7,14-18H,8-12H2,1-2H3/t14?,15?,16-,17?,18?,19-,20?/m1/s1. The molecule has 3 aliphatic heterocycles. The van der Waals surface area contributed by atoms with Crippen LogP contribution in [0.1, 0.15) is 31.6 Å². The summed E-state index contributed by atoms with van der Waals surface area (Å²) in [5.41, 5.74) is 0.828. The van der Waals surface area contributed by atoms with E-state index in [1.54, 1.807) is 7.11 Å². The lowest BCUT2D eigenvalue weighted by Gasteiger charge is -2.57. The highest BCUT2D eigenvalue weighted by molar-refractivity contribution is 5.19. The van der Waals surface area contributed by atoms with E-state index < -0.39 is 5.60 Å². The summed E-state index contributed by atoms with van der Waals surface area (Å²) in [4.78, 5) is 0. The first-order chi connectivity index (χ1) is 12.2. The van der Waals surface area contributed by atoms with Gasteiger partial charge in [0.05, 0.1) is 25.9 Å². The molecule has 3 heterocycles. The molecule has 25 heavy (non-hydrogen) atoms. The Balaban J connectivity index is 1.43. The molecule has 7 atom stereocenters. The van der Waals surface area contributed by atoms with Crippen molar-refractivity contribution >= 4 is 0 Å². The largest absolute Gasteiger partial charge is 0.368 e. The molecule has 5 unspecified atom stereocenters. The summed E-state index contributed by atoms with van der Waals surface area (Å²) in [6.45, 7) is 4.22. The monoisotopic (exact) mass is 346 g/mol. The van der Waals surface area contributed by atoms with E-state index in [9.17, 15) is 0 Å². The molecule has 0 bridgehead atoms. The quantitative estimate of drug-likeness (QED) is 0.824. The van der Waals surface area contributed by atoms with Crippen molar-refractivity contribution in [2.24, 2.45) is 17.3 Å². The van der Waals surface area contributed by atoms with Crippen molar-refractivity contribution < 1.29 is 23.7 Å². The van der Waals surface area contributed by atoms with E-state index in [0.717, 1.165) is 18.6 Å². The van der Waals surface area contributed by atoms with E-state index in [0.29, 0.717) is 19.1 Å². The van der Waals surface area contributed by atoms with Gasteiger partial charge in [-0.15, -0.1) is 0 Å². The van der Waals surface area contributed by atoms with Gasteiger partial charge in [0, 0.05) is 24.5 Å². The Labute approximate surface area is 148 Å². The minimum absolute atomic E-state index is 0.0340. The van der Waals surface area contributed by atoms with Gasteiger partial charge in [0.15, 0.2) is 12.6 Å². The fourth-order valence-corrected chi connectivity index (χ4v) is 5.40. The molecule has 1 saturated carbocycles. The minimum Gasteiger partial charge on any atom is -0.368 e. The van der Waals surface area contributed by atoms with Crippen LogP contribution >= 0.6 is 0 Å². The van der Waals surface area contributed by atoms with E-state index in [1.165, 1.54) is 6.42 Å². The van der Waals surface area contributed by atoms with Crippen LogP contribution < -0.4 is 0 Å². The highest BCUT2D eigenvalue weighted by Gasteiger charge is 2.70. The Kier molecular flexibility index (Phi) is 3.74. The molecule has 4 aliphatic rings. The number of ether oxygens (including phenoxy) is 5. The fourth-order valence-electron chi connectivity index (χ4n) is 5.40. The Morgan fingerprint density at radius 3 is 2.64 bits per heavy atom. The average molecular weight is 346 g/mol. The molecule has 1 aromatic carbocycles. The summed E-state index contributed by atoms with van der Waals surface area (Å²) >= 11 is 0. The molecule has 1 aliphatic carbocycles. The zero-order valence-electron chi connectivity index (χ0n) is 14.9. The summed E-state index contributed by atoms with van der Waals surface area (Å²) < 4.78 is 30.7. The molecule has 0 radical (unpaired) electrons. The van der Waals surface area contributed by atoms with Gasteiger partial charge in [0.25, 0.3) is 0 Å². The normalized spacial score (nSPS) is 48.6. The third-order valence-electron chi connectivity index (χ3n) is 6.86. The first-order valence-electron chi connectivity index (χ1n) is 9.28. The maximum Gasteiger partial charge on any atom is 0.187 e. The van der Waals surface area contributed by atoms with Gasteiger partial charge >= 0.3 is 0 Å². The van der Waals surface area contributed by atoms with Gasteiger partial charge in [-0.1, -0.05) is 37.3 Å². The molecular weight excluding hydrogens is 320 g/mol. The molecule has 5 rings (SSSR count). The number of fused-ring (bicyclic) bond motifs is 4. The van der Waals surface area contributed by atoms with E-state index in [-0.39, 0.29) is 30.0 Å². The van der Waals surface area contributed by atoms with Gasteiger partial charge in [-0.05, 0) is 18.3 Å². The summed E-state index contributed by atoms with van der Waals surface area (Å²) in [5, 5.41) is 0. The third-order valence-corrected chi connectivity index (χ3v) is 6.86. The molecule has 136 valence electrons. The van der Waals surface area contributed by atoms with Gasteiger partial charge in [-0.3, -0.25) is 0 Å². The van der Waals surface area contributed by atoms with Gasteiger partial charge in [0.1, 0.15) is 5.60 Å². The van der Waals surface area contributed by atoms with E-state index in [2.05, 4.69) is 6.92 Å². The molecule has 3 saturated heterocycles. The van der Waals surface area contributed by atoms with E-state index >= 15 is 0 Å². The first-order valence-corrected chi connectivity index (χ1v) is 9.28. The van der Waals surface area contributed by atoms with Crippen molar-refractivity contribution in [2.75, 3.05) is 26.9 Å².